The molecule has 5 rings (SSSR count). The third-order valence-corrected chi connectivity index (χ3v) is 5.51. The van der Waals surface area contributed by atoms with Crippen LogP contribution in [0.1, 0.15) is 49.2 Å². The fourth-order valence-electron chi connectivity index (χ4n) is 3.80. The molecule has 3 heterocycles. The van der Waals surface area contributed by atoms with Gasteiger partial charge in [-0.25, -0.2) is 18.9 Å². The van der Waals surface area contributed by atoms with Gasteiger partial charge < -0.3 is 10.2 Å². The number of halogens is 1. The van der Waals surface area contributed by atoms with Gasteiger partial charge in [0.1, 0.15) is 11.6 Å². The van der Waals surface area contributed by atoms with Gasteiger partial charge in [0.25, 0.3) is 0 Å². The van der Waals surface area contributed by atoms with E-state index in [9.17, 15) is 9.18 Å². The number of carbonyl (C=O) groups excluding carboxylic acids is 1. The number of aromatic nitrogens is 5. The molecule has 3 aromatic rings. The lowest BCUT2D eigenvalue weighted by Gasteiger charge is -2.31. The number of carbonyl (C=O) groups is 1. The second kappa shape index (κ2) is 7.31. The molecule has 2 amide bonds. The molecule has 0 radical (unpaired) electrons. The van der Waals surface area contributed by atoms with E-state index in [0.29, 0.717) is 30.4 Å². The van der Waals surface area contributed by atoms with Crippen molar-refractivity contribution in [2.24, 2.45) is 0 Å². The molecule has 1 saturated carbocycles. The van der Waals surface area contributed by atoms with E-state index < -0.39 is 5.82 Å². The Morgan fingerprint density at radius 2 is 2.14 bits per heavy atom. The van der Waals surface area contributed by atoms with Crippen molar-refractivity contribution in [1.82, 2.24) is 29.9 Å². The lowest BCUT2D eigenvalue weighted by Crippen LogP contribution is -2.42. The summed E-state index contributed by atoms with van der Waals surface area (Å²) in [5, 5.41) is 14.5. The molecule has 2 aliphatic rings. The third-order valence-electron chi connectivity index (χ3n) is 5.51. The number of anilines is 1. The summed E-state index contributed by atoms with van der Waals surface area (Å²) < 4.78 is 15.4. The van der Waals surface area contributed by atoms with Crippen LogP contribution in [-0.2, 0) is 0 Å². The van der Waals surface area contributed by atoms with Gasteiger partial charge >= 0.3 is 6.03 Å². The number of hydrogen-bond donors (Lipinski definition) is 2. The summed E-state index contributed by atoms with van der Waals surface area (Å²) in [5.74, 6) is 1.96. The Morgan fingerprint density at radius 3 is 2.93 bits per heavy atom. The minimum Gasteiger partial charge on any atom is -0.324 e. The number of likely N-dealkylation sites (tertiary alicyclic amines) is 1. The van der Waals surface area contributed by atoms with E-state index in [1.807, 2.05) is 0 Å². The first-order chi connectivity index (χ1) is 14.2. The minimum atomic E-state index is -0.416. The molecular weight excluding hydrogens is 373 g/mol. The summed E-state index contributed by atoms with van der Waals surface area (Å²) in [5.41, 5.74) is 0.996. The monoisotopic (exact) mass is 395 g/mol. The summed E-state index contributed by atoms with van der Waals surface area (Å²) in [6.07, 6.45) is 7.54. The van der Waals surface area contributed by atoms with E-state index in [2.05, 4.69) is 25.6 Å². The van der Waals surface area contributed by atoms with Gasteiger partial charge in [0, 0.05) is 37.3 Å². The molecule has 1 aliphatic carbocycles. The minimum absolute atomic E-state index is 0.108. The number of hydrogen-bond acceptors (Lipinski definition) is 4. The second-order valence-corrected chi connectivity index (χ2v) is 7.68. The maximum atomic E-state index is 13.8. The molecule has 2 fully saturated rings. The lowest BCUT2D eigenvalue weighted by molar-refractivity contribution is 0.191. The maximum Gasteiger partial charge on any atom is 0.321 e. The number of benzene rings is 1. The van der Waals surface area contributed by atoms with Gasteiger partial charge in [0.05, 0.1) is 11.4 Å². The van der Waals surface area contributed by atoms with Crippen LogP contribution in [0.3, 0.4) is 0 Å². The molecule has 1 saturated heterocycles. The fourth-order valence-corrected chi connectivity index (χ4v) is 3.80. The fraction of sp³-hybridized carbons (Fsp3) is 0.400. The van der Waals surface area contributed by atoms with E-state index in [0.717, 1.165) is 24.5 Å². The zero-order valence-corrected chi connectivity index (χ0v) is 15.9. The zero-order chi connectivity index (χ0) is 19.8. The summed E-state index contributed by atoms with van der Waals surface area (Å²) in [4.78, 5) is 19.3. The van der Waals surface area contributed by atoms with Crippen LogP contribution in [0.5, 0.6) is 0 Å². The average molecular weight is 395 g/mol. The lowest BCUT2D eigenvalue weighted by atomic mass is 9.97. The van der Waals surface area contributed by atoms with Crippen molar-refractivity contribution in [1.29, 1.82) is 0 Å². The van der Waals surface area contributed by atoms with Gasteiger partial charge in [-0.2, -0.15) is 10.2 Å². The van der Waals surface area contributed by atoms with Crippen molar-refractivity contribution >= 4 is 11.7 Å². The standard InChI is InChI=1S/C20H22FN7O/c21-15-6-7-17(28-10-2-8-22-28)16(11-15)23-20(29)27-9-1-3-14(12-27)19-24-18(25-26-19)13-4-5-13/h2,6-8,10-11,13-14H,1,3-5,9,12H2,(H,23,29)(H,24,25,26)/t14-/m0/s1. The van der Waals surface area contributed by atoms with Gasteiger partial charge in [0.15, 0.2) is 5.82 Å². The molecule has 2 N–H and O–H groups in total. The molecular formula is C20H22FN7O. The number of piperidine rings is 1. The molecule has 8 nitrogen and oxygen atoms in total. The molecule has 9 heteroatoms. The van der Waals surface area contributed by atoms with Crippen molar-refractivity contribution in [2.45, 2.75) is 37.5 Å². The van der Waals surface area contributed by atoms with Crippen LogP contribution in [0.4, 0.5) is 14.9 Å². The number of nitrogens with one attached hydrogen (secondary N) is 2. The van der Waals surface area contributed by atoms with Crippen LogP contribution < -0.4 is 5.32 Å². The van der Waals surface area contributed by atoms with E-state index in [1.54, 1.807) is 34.1 Å². The van der Waals surface area contributed by atoms with Crippen LogP contribution in [0, 0.1) is 5.82 Å². The first-order valence-corrected chi connectivity index (χ1v) is 9.95. The Balaban J connectivity index is 1.31. The van der Waals surface area contributed by atoms with Crippen LogP contribution in [-0.4, -0.2) is 49.0 Å². The van der Waals surface area contributed by atoms with E-state index >= 15 is 0 Å². The summed E-state index contributed by atoms with van der Waals surface area (Å²) in [6, 6.07) is 5.78. The Kier molecular flexibility index (Phi) is 4.49. The molecule has 2 aromatic heterocycles. The molecule has 0 bridgehead atoms. The predicted octanol–water partition coefficient (Wildman–Crippen LogP) is 3.42. The van der Waals surface area contributed by atoms with Gasteiger partial charge in [0.2, 0.25) is 0 Å². The third kappa shape index (κ3) is 3.72. The number of H-pyrrole nitrogens is 1. The first-order valence-electron chi connectivity index (χ1n) is 9.95. The largest absolute Gasteiger partial charge is 0.324 e. The number of nitrogens with zero attached hydrogens (tertiary/aromatic N) is 5. The normalized spacial score (nSPS) is 19.3. The van der Waals surface area contributed by atoms with Gasteiger partial charge in [-0.3, -0.25) is 5.10 Å². The van der Waals surface area contributed by atoms with Gasteiger partial charge in [-0.05, 0) is 49.9 Å². The Labute approximate surface area is 167 Å². The van der Waals surface area contributed by atoms with Gasteiger partial charge in [-0.15, -0.1) is 0 Å². The second-order valence-electron chi connectivity index (χ2n) is 7.68. The highest BCUT2D eigenvalue weighted by molar-refractivity contribution is 5.91. The number of rotatable bonds is 4. The van der Waals surface area contributed by atoms with E-state index in [4.69, 9.17) is 0 Å². The number of aromatic amines is 1. The molecule has 1 aromatic carbocycles. The highest BCUT2D eigenvalue weighted by Crippen LogP contribution is 2.38. The van der Waals surface area contributed by atoms with Crippen molar-refractivity contribution in [2.75, 3.05) is 18.4 Å². The SMILES string of the molecule is O=C(Nc1cc(F)ccc1-n1cccn1)N1CCC[C@H](c2n[nH]c(C3CC3)n2)C1. The quantitative estimate of drug-likeness (QED) is 0.708. The van der Waals surface area contributed by atoms with Crippen molar-refractivity contribution in [3.05, 3.63) is 54.1 Å². The molecule has 0 unspecified atom stereocenters. The highest BCUT2D eigenvalue weighted by Gasteiger charge is 2.31. The Morgan fingerprint density at radius 1 is 1.24 bits per heavy atom. The summed E-state index contributed by atoms with van der Waals surface area (Å²) in [7, 11) is 0. The molecule has 0 spiro atoms. The first kappa shape index (κ1) is 17.8. The Bertz CT molecular complexity index is 1010. The average Bonchev–Trinajstić information content (AvgIpc) is 3.23. The van der Waals surface area contributed by atoms with Gasteiger partial charge in [-0.1, -0.05) is 0 Å². The number of urea groups is 1. The summed E-state index contributed by atoms with van der Waals surface area (Å²) >= 11 is 0. The maximum absolute atomic E-state index is 13.8. The van der Waals surface area contributed by atoms with Crippen LogP contribution in [0.15, 0.2) is 36.7 Å². The Hall–Kier alpha value is -3.23. The smallest absolute Gasteiger partial charge is 0.321 e. The van der Waals surface area contributed by atoms with E-state index in [1.165, 1.54) is 25.0 Å². The van der Waals surface area contributed by atoms with Crippen LogP contribution >= 0.6 is 0 Å². The van der Waals surface area contributed by atoms with Crippen LogP contribution in [0.2, 0.25) is 0 Å². The molecule has 150 valence electrons. The van der Waals surface area contributed by atoms with Crippen molar-refractivity contribution < 1.29 is 9.18 Å². The van der Waals surface area contributed by atoms with Crippen LogP contribution in [0.25, 0.3) is 5.69 Å². The topological polar surface area (TPSA) is 91.7 Å². The van der Waals surface area contributed by atoms with E-state index in [-0.39, 0.29) is 11.9 Å². The molecule has 1 aliphatic heterocycles. The van der Waals surface area contributed by atoms with Crippen molar-refractivity contribution in [3.8, 4) is 5.69 Å². The number of amides is 2. The zero-order valence-electron chi connectivity index (χ0n) is 15.9. The molecule has 1 atom stereocenters. The highest BCUT2D eigenvalue weighted by atomic mass is 19.1. The summed E-state index contributed by atoms with van der Waals surface area (Å²) in [6.45, 7) is 1.19. The molecule has 29 heavy (non-hydrogen) atoms. The predicted molar refractivity (Wildman–Crippen MR) is 104 cm³/mol. The van der Waals surface area contributed by atoms with Crippen molar-refractivity contribution in [3.63, 3.8) is 0 Å².